The van der Waals surface area contributed by atoms with E-state index in [0.717, 1.165) is 5.56 Å². The van der Waals surface area contributed by atoms with Crippen LogP contribution in [0.2, 0.25) is 0 Å². The highest BCUT2D eigenvalue weighted by Gasteiger charge is 2.28. The number of benzene rings is 1. The summed E-state index contributed by atoms with van der Waals surface area (Å²) in [7, 11) is 0. The lowest BCUT2D eigenvalue weighted by Crippen LogP contribution is -2.53. The predicted octanol–water partition coefficient (Wildman–Crippen LogP) is 1.99. The van der Waals surface area contributed by atoms with Crippen molar-refractivity contribution in [3.63, 3.8) is 0 Å². The molecule has 1 heterocycles. The third-order valence-electron chi connectivity index (χ3n) is 3.83. The second kappa shape index (κ2) is 9.25. The first-order chi connectivity index (χ1) is 12.7. The molecule has 148 valence electrons. The second-order valence-electron chi connectivity index (χ2n) is 7.27. The van der Waals surface area contributed by atoms with E-state index in [1.54, 1.807) is 25.7 Å². The number of nitrogens with zero attached hydrogens (tertiary/aromatic N) is 2. The largest absolute Gasteiger partial charge is 0.445 e. The Kier molecular flexibility index (Phi) is 7.04. The average molecular weight is 377 g/mol. The molecule has 8 heteroatoms. The molecule has 2 rings (SSSR count). The van der Waals surface area contributed by atoms with Crippen LogP contribution < -0.4 is 5.32 Å². The molecule has 3 amide bonds. The van der Waals surface area contributed by atoms with Gasteiger partial charge in [-0.1, -0.05) is 30.3 Å². The summed E-state index contributed by atoms with van der Waals surface area (Å²) in [6.45, 7) is 6.95. The number of carbonyl (C=O) groups is 3. The van der Waals surface area contributed by atoms with E-state index < -0.39 is 17.8 Å². The zero-order valence-corrected chi connectivity index (χ0v) is 16.1. The molecule has 0 radical (unpaired) electrons. The van der Waals surface area contributed by atoms with E-state index in [4.69, 9.17) is 9.47 Å². The molecule has 1 N–H and O–H groups in total. The number of rotatable bonds is 5. The van der Waals surface area contributed by atoms with E-state index in [2.05, 4.69) is 5.32 Å². The third kappa shape index (κ3) is 7.16. The van der Waals surface area contributed by atoms with Crippen LogP contribution in [0.25, 0.3) is 0 Å². The first-order valence-corrected chi connectivity index (χ1v) is 8.95. The summed E-state index contributed by atoms with van der Waals surface area (Å²) in [5, 5.41) is 2.62. The summed E-state index contributed by atoms with van der Waals surface area (Å²) in [6.07, 6.45) is -1.02. The van der Waals surface area contributed by atoms with Crippen molar-refractivity contribution >= 4 is 18.1 Å². The van der Waals surface area contributed by atoms with Crippen molar-refractivity contribution in [2.24, 2.45) is 0 Å². The molecule has 27 heavy (non-hydrogen) atoms. The maximum Gasteiger partial charge on any atom is 0.410 e. The van der Waals surface area contributed by atoms with Crippen LogP contribution in [0.3, 0.4) is 0 Å². The van der Waals surface area contributed by atoms with Crippen LogP contribution in [0.5, 0.6) is 0 Å². The molecule has 0 unspecified atom stereocenters. The number of ether oxygens (including phenoxy) is 2. The van der Waals surface area contributed by atoms with Crippen LogP contribution in [0.15, 0.2) is 30.3 Å². The lowest BCUT2D eigenvalue weighted by atomic mass is 10.2. The molecule has 0 aliphatic carbocycles. The number of hydrogen-bond acceptors (Lipinski definition) is 5. The molecule has 1 aliphatic rings. The van der Waals surface area contributed by atoms with Gasteiger partial charge in [0.15, 0.2) is 0 Å². The summed E-state index contributed by atoms with van der Waals surface area (Å²) in [5.41, 5.74) is 0.329. The van der Waals surface area contributed by atoms with Gasteiger partial charge < -0.3 is 19.7 Å². The van der Waals surface area contributed by atoms with Crippen LogP contribution in [-0.2, 0) is 20.9 Å². The topological polar surface area (TPSA) is 88.2 Å². The number of carbonyl (C=O) groups excluding carboxylic acids is 3. The van der Waals surface area contributed by atoms with Crippen LogP contribution in [0.1, 0.15) is 26.3 Å². The molecule has 1 aromatic carbocycles. The van der Waals surface area contributed by atoms with Gasteiger partial charge in [0.1, 0.15) is 18.8 Å². The van der Waals surface area contributed by atoms with Crippen molar-refractivity contribution in [2.45, 2.75) is 33.0 Å². The number of nitrogens with one attached hydrogen (secondary N) is 1. The number of alkyl carbamates (subject to hydrolysis) is 1. The molecular weight excluding hydrogens is 350 g/mol. The smallest absolute Gasteiger partial charge is 0.410 e. The standard InChI is InChI=1S/C19H27N3O5/c1-19(2,3)27-17(24)20-9-10-21-11-12-22(13-16(21)23)18(25)26-14-15-7-5-4-6-8-15/h4-8H,9-14H2,1-3H3,(H,20,24). The minimum Gasteiger partial charge on any atom is -0.445 e. The molecular formula is C19H27N3O5. The Hall–Kier alpha value is -2.77. The summed E-state index contributed by atoms with van der Waals surface area (Å²) >= 11 is 0. The van der Waals surface area contributed by atoms with Gasteiger partial charge in [-0.3, -0.25) is 9.69 Å². The molecule has 1 saturated heterocycles. The van der Waals surface area contributed by atoms with Gasteiger partial charge in [-0.2, -0.15) is 0 Å². The first-order valence-electron chi connectivity index (χ1n) is 8.95. The second-order valence-corrected chi connectivity index (χ2v) is 7.27. The van der Waals surface area contributed by atoms with Gasteiger partial charge in [0.05, 0.1) is 0 Å². The van der Waals surface area contributed by atoms with Crippen molar-refractivity contribution in [1.29, 1.82) is 0 Å². The van der Waals surface area contributed by atoms with Crippen LogP contribution in [-0.4, -0.2) is 66.2 Å². The van der Waals surface area contributed by atoms with E-state index in [-0.39, 0.29) is 19.1 Å². The Morgan fingerprint density at radius 1 is 1.15 bits per heavy atom. The molecule has 0 bridgehead atoms. The quantitative estimate of drug-likeness (QED) is 0.848. The van der Waals surface area contributed by atoms with Gasteiger partial charge in [0.2, 0.25) is 5.91 Å². The Labute approximate surface area is 159 Å². The highest BCUT2D eigenvalue weighted by Crippen LogP contribution is 2.08. The monoisotopic (exact) mass is 377 g/mol. The fourth-order valence-corrected chi connectivity index (χ4v) is 2.52. The molecule has 0 saturated carbocycles. The molecule has 0 spiro atoms. The van der Waals surface area contributed by atoms with Crippen LogP contribution in [0, 0.1) is 0 Å². The van der Waals surface area contributed by atoms with Gasteiger partial charge in [-0.25, -0.2) is 9.59 Å². The predicted molar refractivity (Wildman–Crippen MR) is 99.0 cm³/mol. The maximum atomic E-state index is 12.2. The molecule has 1 aromatic rings. The van der Waals surface area contributed by atoms with Crippen molar-refractivity contribution in [3.8, 4) is 0 Å². The Bertz CT molecular complexity index is 657. The van der Waals surface area contributed by atoms with E-state index in [9.17, 15) is 14.4 Å². The molecule has 1 aliphatic heterocycles. The Morgan fingerprint density at radius 2 is 1.85 bits per heavy atom. The minimum absolute atomic E-state index is 0.0277. The van der Waals surface area contributed by atoms with E-state index in [0.29, 0.717) is 26.2 Å². The van der Waals surface area contributed by atoms with Crippen molar-refractivity contribution in [3.05, 3.63) is 35.9 Å². The molecule has 0 aromatic heterocycles. The minimum atomic E-state index is -0.564. The zero-order chi connectivity index (χ0) is 19.9. The number of piperazine rings is 1. The number of hydrogen-bond donors (Lipinski definition) is 1. The molecule has 0 atom stereocenters. The van der Waals surface area contributed by atoms with Gasteiger partial charge in [0.25, 0.3) is 0 Å². The maximum absolute atomic E-state index is 12.2. The third-order valence-corrected chi connectivity index (χ3v) is 3.83. The first kappa shape index (κ1) is 20.5. The summed E-state index contributed by atoms with van der Waals surface area (Å²) in [6, 6.07) is 9.37. The van der Waals surface area contributed by atoms with E-state index >= 15 is 0 Å². The zero-order valence-electron chi connectivity index (χ0n) is 16.1. The van der Waals surface area contributed by atoms with Gasteiger partial charge in [-0.05, 0) is 26.3 Å². The Morgan fingerprint density at radius 3 is 2.48 bits per heavy atom. The average Bonchev–Trinajstić information content (AvgIpc) is 2.60. The van der Waals surface area contributed by atoms with Gasteiger partial charge in [-0.15, -0.1) is 0 Å². The Balaban J connectivity index is 1.69. The summed E-state index contributed by atoms with van der Waals surface area (Å²) in [5.74, 6) is -0.177. The van der Waals surface area contributed by atoms with Crippen LogP contribution in [0.4, 0.5) is 9.59 Å². The van der Waals surface area contributed by atoms with Gasteiger partial charge in [0, 0.05) is 26.2 Å². The summed E-state index contributed by atoms with van der Waals surface area (Å²) in [4.78, 5) is 38.9. The highest BCUT2D eigenvalue weighted by molar-refractivity contribution is 5.83. The molecule has 1 fully saturated rings. The van der Waals surface area contributed by atoms with E-state index in [1.165, 1.54) is 4.90 Å². The number of amides is 3. The summed E-state index contributed by atoms with van der Waals surface area (Å²) < 4.78 is 10.4. The van der Waals surface area contributed by atoms with Crippen molar-refractivity contribution in [1.82, 2.24) is 15.1 Å². The highest BCUT2D eigenvalue weighted by atomic mass is 16.6. The van der Waals surface area contributed by atoms with Crippen molar-refractivity contribution < 1.29 is 23.9 Å². The SMILES string of the molecule is CC(C)(C)OC(=O)NCCN1CCN(C(=O)OCc2ccccc2)CC1=O. The lowest BCUT2D eigenvalue weighted by molar-refractivity contribution is -0.135. The van der Waals surface area contributed by atoms with E-state index in [1.807, 2.05) is 30.3 Å². The lowest BCUT2D eigenvalue weighted by Gasteiger charge is -2.33. The van der Waals surface area contributed by atoms with Gasteiger partial charge >= 0.3 is 12.2 Å². The van der Waals surface area contributed by atoms with Crippen molar-refractivity contribution in [2.75, 3.05) is 32.7 Å². The fourth-order valence-electron chi connectivity index (χ4n) is 2.52. The molecule has 8 nitrogen and oxygen atoms in total. The van der Waals surface area contributed by atoms with Crippen LogP contribution >= 0.6 is 0 Å². The normalized spacial score (nSPS) is 14.7. The fraction of sp³-hybridized carbons (Fsp3) is 0.526.